The van der Waals surface area contributed by atoms with E-state index in [9.17, 15) is 14.7 Å². The van der Waals surface area contributed by atoms with Gasteiger partial charge in [-0.1, -0.05) is 69.2 Å². The first kappa shape index (κ1) is 21.6. The van der Waals surface area contributed by atoms with Crippen LogP contribution in [0.2, 0.25) is 0 Å². The Morgan fingerprint density at radius 1 is 0.967 bits per heavy atom. The van der Waals surface area contributed by atoms with Crippen LogP contribution in [0, 0.1) is 0 Å². The number of carbonyl (C=O) groups is 1. The van der Waals surface area contributed by atoms with E-state index in [-0.39, 0.29) is 11.3 Å². The van der Waals surface area contributed by atoms with Crippen molar-refractivity contribution in [3.05, 3.63) is 82.0 Å². The summed E-state index contributed by atoms with van der Waals surface area (Å²) in [7, 11) is 0. The molecular weight excluding hydrogens is 376 g/mol. The quantitative estimate of drug-likeness (QED) is 0.503. The number of benzene rings is 2. The predicted octanol–water partition coefficient (Wildman–Crippen LogP) is 5.21. The highest BCUT2D eigenvalue weighted by Crippen LogP contribution is 2.24. The lowest BCUT2D eigenvalue weighted by molar-refractivity contribution is 0.0697. The Balaban J connectivity index is 1.87. The summed E-state index contributed by atoms with van der Waals surface area (Å²) in [4.78, 5) is 24.4. The Morgan fingerprint density at radius 3 is 2.33 bits per heavy atom. The summed E-state index contributed by atoms with van der Waals surface area (Å²) in [6.45, 7) is 5.57. The Bertz CT molecular complexity index is 1050. The van der Waals surface area contributed by atoms with E-state index in [4.69, 9.17) is 0 Å². The van der Waals surface area contributed by atoms with Crippen molar-refractivity contribution in [3.8, 4) is 11.1 Å². The van der Waals surface area contributed by atoms with Crippen LogP contribution in [0.1, 0.15) is 61.1 Å². The molecule has 0 fully saturated rings. The minimum atomic E-state index is -0.935. The summed E-state index contributed by atoms with van der Waals surface area (Å²) in [5.74, 6) is -0.935. The van der Waals surface area contributed by atoms with Crippen molar-refractivity contribution in [3.63, 3.8) is 0 Å². The number of carboxylic acid groups (broad SMARTS) is 1. The third kappa shape index (κ3) is 4.90. The van der Waals surface area contributed by atoms with Crippen LogP contribution in [-0.4, -0.2) is 20.2 Å². The Morgan fingerprint density at radius 2 is 1.67 bits per heavy atom. The van der Waals surface area contributed by atoms with E-state index >= 15 is 0 Å². The third-order valence-corrected chi connectivity index (χ3v) is 5.43. The highest BCUT2D eigenvalue weighted by Gasteiger charge is 2.13. The van der Waals surface area contributed by atoms with Gasteiger partial charge in [0.05, 0.1) is 12.1 Å². The molecule has 0 aliphatic carbocycles. The minimum Gasteiger partial charge on any atom is -0.478 e. The van der Waals surface area contributed by atoms with Gasteiger partial charge >= 0.3 is 11.7 Å². The molecule has 0 aliphatic rings. The molecule has 0 saturated heterocycles. The van der Waals surface area contributed by atoms with Crippen LogP contribution in [0.4, 0.5) is 0 Å². The summed E-state index contributed by atoms with van der Waals surface area (Å²) in [5, 5.41) is 9.43. The van der Waals surface area contributed by atoms with Gasteiger partial charge in [0, 0.05) is 18.4 Å². The van der Waals surface area contributed by atoms with Gasteiger partial charge in [-0.25, -0.2) is 9.59 Å². The molecule has 5 nitrogen and oxygen atoms in total. The van der Waals surface area contributed by atoms with Gasteiger partial charge in [0.1, 0.15) is 0 Å². The van der Waals surface area contributed by atoms with E-state index in [2.05, 4.69) is 13.8 Å². The summed E-state index contributed by atoms with van der Waals surface area (Å²) in [6.07, 6.45) is 7.12. The van der Waals surface area contributed by atoms with E-state index in [0.29, 0.717) is 12.1 Å². The first-order chi connectivity index (χ1) is 14.5. The topological polar surface area (TPSA) is 64.2 Å². The van der Waals surface area contributed by atoms with E-state index in [0.717, 1.165) is 55.5 Å². The summed E-state index contributed by atoms with van der Waals surface area (Å²) < 4.78 is 3.72. The first-order valence-corrected chi connectivity index (χ1v) is 10.8. The zero-order valence-electron chi connectivity index (χ0n) is 17.8. The van der Waals surface area contributed by atoms with E-state index in [1.807, 2.05) is 51.7 Å². The molecule has 1 heterocycles. The van der Waals surface area contributed by atoms with E-state index < -0.39 is 5.97 Å². The molecule has 0 bridgehead atoms. The molecule has 30 heavy (non-hydrogen) atoms. The lowest BCUT2D eigenvalue weighted by Crippen LogP contribution is -2.25. The molecule has 0 spiro atoms. The minimum absolute atomic E-state index is 0.0508. The van der Waals surface area contributed by atoms with Crippen LogP contribution in [0.15, 0.2) is 59.5 Å². The number of unbranched alkanes of at least 4 members (excludes halogenated alkanes) is 2. The number of aryl methyl sites for hydroxylation is 2. The number of hydrogen-bond acceptors (Lipinski definition) is 2. The van der Waals surface area contributed by atoms with Crippen molar-refractivity contribution in [2.45, 2.75) is 59.0 Å². The van der Waals surface area contributed by atoms with Crippen LogP contribution >= 0.6 is 0 Å². The SMILES string of the molecule is CCCCc1cn(CCCC)c(=O)n1Cc1ccc(-c2ccccc2C(=O)O)cc1. The van der Waals surface area contributed by atoms with Crippen LogP contribution < -0.4 is 5.69 Å². The largest absolute Gasteiger partial charge is 0.478 e. The first-order valence-electron chi connectivity index (χ1n) is 10.8. The number of aromatic carboxylic acids is 1. The Kier molecular flexibility index (Phi) is 7.28. The lowest BCUT2D eigenvalue weighted by Gasteiger charge is -2.10. The molecule has 3 rings (SSSR count). The molecule has 1 aromatic heterocycles. The fourth-order valence-corrected chi connectivity index (χ4v) is 3.69. The third-order valence-electron chi connectivity index (χ3n) is 5.43. The molecule has 0 aliphatic heterocycles. The number of rotatable bonds is 10. The molecule has 0 radical (unpaired) electrons. The second-order valence-corrected chi connectivity index (χ2v) is 7.69. The fraction of sp³-hybridized carbons (Fsp3) is 0.360. The average molecular weight is 407 g/mol. The van der Waals surface area contributed by atoms with Crippen molar-refractivity contribution in [1.29, 1.82) is 0 Å². The summed E-state index contributed by atoms with van der Waals surface area (Å²) >= 11 is 0. The summed E-state index contributed by atoms with van der Waals surface area (Å²) in [6, 6.07) is 14.8. The van der Waals surface area contributed by atoms with Gasteiger partial charge in [-0.05, 0) is 42.0 Å². The van der Waals surface area contributed by atoms with Crippen molar-refractivity contribution in [2.75, 3.05) is 0 Å². The number of hydrogen-bond donors (Lipinski definition) is 1. The molecule has 3 aromatic rings. The zero-order chi connectivity index (χ0) is 21.5. The van der Waals surface area contributed by atoms with Gasteiger partial charge in [-0.3, -0.25) is 9.13 Å². The normalized spacial score (nSPS) is 11.0. The highest BCUT2D eigenvalue weighted by molar-refractivity contribution is 5.95. The monoisotopic (exact) mass is 406 g/mol. The Labute approximate surface area is 177 Å². The molecule has 0 saturated carbocycles. The van der Waals surface area contributed by atoms with Crippen LogP contribution in [0.5, 0.6) is 0 Å². The van der Waals surface area contributed by atoms with Crippen LogP contribution in [0.25, 0.3) is 11.1 Å². The summed E-state index contributed by atoms with van der Waals surface area (Å²) in [5.41, 5.74) is 4.00. The van der Waals surface area contributed by atoms with Crippen molar-refractivity contribution >= 4 is 5.97 Å². The maximum atomic E-state index is 12.9. The smallest absolute Gasteiger partial charge is 0.336 e. The highest BCUT2D eigenvalue weighted by atomic mass is 16.4. The number of aromatic nitrogens is 2. The molecular formula is C25H30N2O3. The van der Waals surface area contributed by atoms with Crippen LogP contribution in [-0.2, 0) is 19.5 Å². The molecule has 5 heteroatoms. The van der Waals surface area contributed by atoms with Gasteiger partial charge in [0.25, 0.3) is 0 Å². The maximum absolute atomic E-state index is 12.9. The number of carboxylic acids is 1. The molecule has 0 unspecified atom stereocenters. The molecule has 2 aromatic carbocycles. The van der Waals surface area contributed by atoms with E-state index in [1.165, 1.54) is 0 Å². The number of nitrogens with zero attached hydrogens (tertiary/aromatic N) is 2. The van der Waals surface area contributed by atoms with Gasteiger partial charge in [0.2, 0.25) is 0 Å². The lowest BCUT2D eigenvalue weighted by atomic mass is 9.99. The van der Waals surface area contributed by atoms with Gasteiger partial charge < -0.3 is 5.11 Å². The second-order valence-electron chi connectivity index (χ2n) is 7.69. The van der Waals surface area contributed by atoms with Gasteiger partial charge in [-0.2, -0.15) is 0 Å². The number of imidazole rings is 1. The fourth-order valence-electron chi connectivity index (χ4n) is 3.69. The van der Waals surface area contributed by atoms with Crippen molar-refractivity contribution in [1.82, 2.24) is 9.13 Å². The molecule has 1 N–H and O–H groups in total. The van der Waals surface area contributed by atoms with Crippen molar-refractivity contribution in [2.24, 2.45) is 0 Å². The maximum Gasteiger partial charge on any atom is 0.336 e. The van der Waals surface area contributed by atoms with Gasteiger partial charge in [0.15, 0.2) is 0 Å². The molecule has 0 amide bonds. The van der Waals surface area contributed by atoms with Crippen molar-refractivity contribution < 1.29 is 9.90 Å². The van der Waals surface area contributed by atoms with E-state index in [1.54, 1.807) is 12.1 Å². The standard InChI is InChI=1S/C25H30N2O3/c1-3-5-9-21-18-26(16-6-4-2)25(30)27(21)17-19-12-14-20(15-13-19)22-10-7-8-11-23(22)24(28)29/h7-8,10-15,18H,3-6,9,16-17H2,1-2H3,(H,28,29). The van der Waals surface area contributed by atoms with Crippen LogP contribution in [0.3, 0.4) is 0 Å². The Hall–Kier alpha value is -3.08. The molecule has 0 atom stereocenters. The molecule has 158 valence electrons. The second kappa shape index (κ2) is 10.1. The zero-order valence-corrected chi connectivity index (χ0v) is 17.8. The average Bonchev–Trinajstić information content (AvgIpc) is 3.05. The van der Waals surface area contributed by atoms with Gasteiger partial charge in [-0.15, -0.1) is 0 Å². The predicted molar refractivity (Wildman–Crippen MR) is 120 cm³/mol.